The van der Waals surface area contributed by atoms with Gasteiger partial charge in [0.15, 0.2) is 0 Å². The van der Waals surface area contributed by atoms with Crippen LogP contribution in [-0.4, -0.2) is 16.5 Å². The summed E-state index contributed by atoms with van der Waals surface area (Å²) in [5.41, 5.74) is 1.15. The molecule has 1 heterocycles. The average molecular weight is 235 g/mol. The van der Waals surface area contributed by atoms with Crippen LogP contribution in [0.1, 0.15) is 58.5 Å². The molecule has 1 aromatic heterocycles. The molecule has 0 aliphatic carbocycles. The van der Waals surface area contributed by atoms with Crippen molar-refractivity contribution < 1.29 is 0 Å². The van der Waals surface area contributed by atoms with Crippen molar-refractivity contribution in [2.24, 2.45) is 5.92 Å². The Kier molecular flexibility index (Phi) is 5.39. The summed E-state index contributed by atoms with van der Waals surface area (Å²) in [7, 11) is 0. The first kappa shape index (κ1) is 13.9. The Morgan fingerprint density at radius 1 is 1.18 bits per heavy atom. The molecule has 0 bridgehead atoms. The van der Waals surface area contributed by atoms with Crippen LogP contribution in [0.4, 0.5) is 5.82 Å². The monoisotopic (exact) mass is 235 g/mol. The molecule has 1 unspecified atom stereocenters. The van der Waals surface area contributed by atoms with Crippen molar-refractivity contribution in [1.29, 1.82) is 0 Å². The number of nitrogens with one attached hydrogen (secondary N) is 1. The zero-order valence-corrected chi connectivity index (χ0v) is 11.7. The summed E-state index contributed by atoms with van der Waals surface area (Å²) in [5.74, 6) is 3.00. The fourth-order valence-electron chi connectivity index (χ4n) is 1.72. The van der Waals surface area contributed by atoms with Crippen molar-refractivity contribution in [1.82, 2.24) is 9.97 Å². The van der Waals surface area contributed by atoms with Crippen LogP contribution in [0.25, 0.3) is 0 Å². The van der Waals surface area contributed by atoms with E-state index in [0.717, 1.165) is 36.7 Å². The minimum atomic E-state index is 0.430. The molecular weight excluding hydrogens is 210 g/mol. The highest BCUT2D eigenvalue weighted by Crippen LogP contribution is 2.18. The predicted octanol–water partition coefficient (Wildman–Crippen LogP) is 3.62. The average Bonchev–Trinajstić information content (AvgIpc) is 2.27. The van der Waals surface area contributed by atoms with Crippen molar-refractivity contribution in [3.05, 3.63) is 17.6 Å². The van der Waals surface area contributed by atoms with Crippen LogP contribution in [0, 0.1) is 5.92 Å². The van der Waals surface area contributed by atoms with Gasteiger partial charge in [-0.05, 0) is 25.7 Å². The summed E-state index contributed by atoms with van der Waals surface area (Å²) in [6.45, 7) is 11.8. The smallest absolute Gasteiger partial charge is 0.133 e. The van der Waals surface area contributed by atoms with Crippen LogP contribution in [0.2, 0.25) is 0 Å². The molecule has 1 aromatic rings. The molecule has 3 nitrogen and oxygen atoms in total. The minimum absolute atomic E-state index is 0.430. The Morgan fingerprint density at radius 2 is 1.88 bits per heavy atom. The summed E-state index contributed by atoms with van der Waals surface area (Å²) in [4.78, 5) is 9.25. The standard InChI is InChI=1S/C14H25N3/c1-6-11(5)14-16-12(8-10(3)4)9-13(17-14)15-7-2/h9-11H,6-8H2,1-5H3,(H,15,16,17). The van der Waals surface area contributed by atoms with E-state index in [-0.39, 0.29) is 0 Å². The first-order chi connectivity index (χ1) is 8.06. The second-order valence-electron chi connectivity index (χ2n) is 5.04. The van der Waals surface area contributed by atoms with Crippen LogP contribution in [0.3, 0.4) is 0 Å². The number of rotatable bonds is 6. The molecule has 0 saturated heterocycles. The predicted molar refractivity (Wildman–Crippen MR) is 73.4 cm³/mol. The quantitative estimate of drug-likeness (QED) is 0.818. The van der Waals surface area contributed by atoms with Crippen molar-refractivity contribution in [3.8, 4) is 0 Å². The van der Waals surface area contributed by atoms with Gasteiger partial charge >= 0.3 is 0 Å². The lowest BCUT2D eigenvalue weighted by molar-refractivity contribution is 0.617. The van der Waals surface area contributed by atoms with Crippen LogP contribution < -0.4 is 5.32 Å². The molecule has 1 N–H and O–H groups in total. The zero-order chi connectivity index (χ0) is 12.8. The third-order valence-electron chi connectivity index (χ3n) is 2.82. The fraction of sp³-hybridized carbons (Fsp3) is 0.714. The van der Waals surface area contributed by atoms with E-state index < -0.39 is 0 Å². The maximum atomic E-state index is 4.68. The molecule has 1 rings (SSSR count). The third-order valence-corrected chi connectivity index (χ3v) is 2.82. The Hall–Kier alpha value is -1.12. The maximum absolute atomic E-state index is 4.68. The van der Waals surface area contributed by atoms with E-state index >= 15 is 0 Å². The molecule has 0 aromatic carbocycles. The van der Waals surface area contributed by atoms with Crippen LogP contribution in [0.15, 0.2) is 6.07 Å². The van der Waals surface area contributed by atoms with Gasteiger partial charge in [-0.1, -0.05) is 27.7 Å². The highest BCUT2D eigenvalue weighted by Gasteiger charge is 2.10. The molecule has 1 atom stereocenters. The number of nitrogens with zero attached hydrogens (tertiary/aromatic N) is 2. The fourth-order valence-corrected chi connectivity index (χ4v) is 1.72. The maximum Gasteiger partial charge on any atom is 0.133 e. The topological polar surface area (TPSA) is 37.8 Å². The van der Waals surface area contributed by atoms with E-state index in [9.17, 15) is 0 Å². The van der Waals surface area contributed by atoms with Crippen molar-refractivity contribution in [3.63, 3.8) is 0 Å². The van der Waals surface area contributed by atoms with E-state index in [1.54, 1.807) is 0 Å². The molecule has 17 heavy (non-hydrogen) atoms. The minimum Gasteiger partial charge on any atom is -0.370 e. The largest absolute Gasteiger partial charge is 0.370 e. The number of anilines is 1. The second-order valence-corrected chi connectivity index (χ2v) is 5.04. The molecule has 0 radical (unpaired) electrons. The van der Waals surface area contributed by atoms with Gasteiger partial charge in [0.25, 0.3) is 0 Å². The van der Waals surface area contributed by atoms with E-state index in [1.165, 1.54) is 0 Å². The lowest BCUT2D eigenvalue weighted by Crippen LogP contribution is -2.09. The highest BCUT2D eigenvalue weighted by molar-refractivity contribution is 5.36. The second kappa shape index (κ2) is 6.58. The van der Waals surface area contributed by atoms with Gasteiger partial charge in [-0.2, -0.15) is 0 Å². The lowest BCUT2D eigenvalue weighted by Gasteiger charge is -2.13. The normalized spacial score (nSPS) is 12.8. The highest BCUT2D eigenvalue weighted by atomic mass is 15.0. The van der Waals surface area contributed by atoms with Crippen LogP contribution >= 0.6 is 0 Å². The van der Waals surface area contributed by atoms with Crippen LogP contribution in [0.5, 0.6) is 0 Å². The molecule has 96 valence electrons. The lowest BCUT2D eigenvalue weighted by atomic mass is 10.1. The molecule has 3 heteroatoms. The number of hydrogen-bond donors (Lipinski definition) is 1. The van der Waals surface area contributed by atoms with E-state index in [4.69, 9.17) is 0 Å². The summed E-state index contributed by atoms with van der Waals surface area (Å²) in [5, 5.41) is 3.29. The van der Waals surface area contributed by atoms with Gasteiger partial charge in [0.1, 0.15) is 11.6 Å². The summed E-state index contributed by atoms with van der Waals surface area (Å²) < 4.78 is 0. The Labute approximate surface area is 105 Å². The van der Waals surface area contributed by atoms with Gasteiger partial charge in [-0.15, -0.1) is 0 Å². The van der Waals surface area contributed by atoms with Crippen molar-refractivity contribution in [2.45, 2.75) is 53.4 Å². The van der Waals surface area contributed by atoms with E-state index in [0.29, 0.717) is 11.8 Å². The van der Waals surface area contributed by atoms with E-state index in [2.05, 4.69) is 56.0 Å². The molecule has 0 amide bonds. The first-order valence-electron chi connectivity index (χ1n) is 6.68. The number of aromatic nitrogens is 2. The van der Waals surface area contributed by atoms with Gasteiger partial charge < -0.3 is 5.32 Å². The van der Waals surface area contributed by atoms with Crippen molar-refractivity contribution in [2.75, 3.05) is 11.9 Å². The van der Waals surface area contributed by atoms with Gasteiger partial charge in [0.2, 0.25) is 0 Å². The summed E-state index contributed by atoms with van der Waals surface area (Å²) in [6.07, 6.45) is 2.10. The van der Waals surface area contributed by atoms with Gasteiger partial charge in [-0.3, -0.25) is 0 Å². The summed E-state index contributed by atoms with van der Waals surface area (Å²) in [6, 6.07) is 2.08. The molecule has 0 spiro atoms. The number of hydrogen-bond acceptors (Lipinski definition) is 3. The molecule has 0 aliphatic heterocycles. The summed E-state index contributed by atoms with van der Waals surface area (Å²) >= 11 is 0. The van der Waals surface area contributed by atoms with Crippen LogP contribution in [-0.2, 0) is 6.42 Å². The zero-order valence-electron chi connectivity index (χ0n) is 11.7. The van der Waals surface area contributed by atoms with Gasteiger partial charge in [0.05, 0.1) is 0 Å². The first-order valence-corrected chi connectivity index (χ1v) is 6.68. The van der Waals surface area contributed by atoms with Gasteiger partial charge in [-0.25, -0.2) is 9.97 Å². The van der Waals surface area contributed by atoms with E-state index in [1.807, 2.05) is 0 Å². The molecular formula is C14H25N3. The SMILES string of the molecule is CCNc1cc(CC(C)C)nc(C(C)CC)n1. The molecule has 0 aliphatic rings. The van der Waals surface area contributed by atoms with Crippen molar-refractivity contribution >= 4 is 5.82 Å². The van der Waals surface area contributed by atoms with Gasteiger partial charge in [0, 0.05) is 24.2 Å². The Balaban J connectivity index is 3.00. The third kappa shape index (κ3) is 4.33. The molecule has 0 fully saturated rings. The molecule has 0 saturated carbocycles. The Bertz CT molecular complexity index is 347. The Morgan fingerprint density at radius 3 is 2.41 bits per heavy atom.